The fourth-order valence-electron chi connectivity index (χ4n) is 3.76. The smallest absolute Gasteiger partial charge is 0.253 e. The highest BCUT2D eigenvalue weighted by molar-refractivity contribution is 5.97. The normalized spacial score (nSPS) is 11.7. The molecule has 9 nitrogen and oxygen atoms in total. The predicted octanol–water partition coefficient (Wildman–Crippen LogP) is 3.24. The predicted molar refractivity (Wildman–Crippen MR) is 151 cm³/mol. The van der Waals surface area contributed by atoms with E-state index in [1.165, 1.54) is 10.5 Å². The number of nitrogens with two attached hydrogens (primary N) is 1. The number of aryl methyl sites for hydroxylation is 1. The first-order valence-electron chi connectivity index (χ1n) is 12.3. The van der Waals surface area contributed by atoms with Crippen LogP contribution < -0.4 is 16.4 Å². The first-order valence-corrected chi connectivity index (χ1v) is 12.3. The van der Waals surface area contributed by atoms with Crippen molar-refractivity contribution in [2.24, 2.45) is 5.73 Å². The number of hydrogen-bond acceptors (Lipinski definition) is 5. The van der Waals surface area contributed by atoms with Crippen molar-refractivity contribution in [3.63, 3.8) is 0 Å². The minimum absolute atomic E-state index is 0. The van der Waals surface area contributed by atoms with E-state index in [1.54, 1.807) is 46.5 Å². The molecule has 0 saturated heterocycles. The van der Waals surface area contributed by atoms with Gasteiger partial charge in [-0.2, -0.15) is 0 Å². The topological polar surface area (TPSA) is 122 Å². The quantitative estimate of drug-likeness (QED) is 0.344. The Kier molecular flexibility index (Phi) is 11.0. The summed E-state index contributed by atoms with van der Waals surface area (Å²) in [5.41, 5.74) is 7.53. The van der Waals surface area contributed by atoms with Crippen molar-refractivity contribution in [2.45, 2.75) is 51.2 Å². The number of amides is 3. The van der Waals surface area contributed by atoms with Crippen LogP contribution in [0.3, 0.4) is 0 Å². The lowest BCUT2D eigenvalue weighted by molar-refractivity contribution is -0.129. The zero-order valence-corrected chi connectivity index (χ0v) is 23.1. The molecule has 4 N–H and O–H groups in total. The molecule has 0 saturated carbocycles. The summed E-state index contributed by atoms with van der Waals surface area (Å²) in [5, 5.41) is 5.60. The number of nitrogens with zero attached hydrogens (tertiary/aromatic N) is 3. The molecule has 1 aromatic heterocycles. The van der Waals surface area contributed by atoms with Crippen LogP contribution in [0, 0.1) is 0 Å². The van der Waals surface area contributed by atoms with Crippen LogP contribution in [0.25, 0.3) is 0 Å². The maximum absolute atomic E-state index is 13.1. The molecule has 1 unspecified atom stereocenters. The third kappa shape index (κ3) is 9.00. The molecule has 2 aromatic carbocycles. The molecule has 3 rings (SSSR count). The van der Waals surface area contributed by atoms with E-state index in [1.807, 2.05) is 53.1 Å². The van der Waals surface area contributed by atoms with Crippen LogP contribution in [0.5, 0.6) is 0 Å². The minimum atomic E-state index is -1.11. The van der Waals surface area contributed by atoms with Crippen molar-refractivity contribution in [3.8, 4) is 0 Å². The molecule has 1 atom stereocenters. The van der Waals surface area contributed by atoms with Gasteiger partial charge in [-0.3, -0.25) is 14.4 Å². The number of benzene rings is 2. The Bertz CT molecular complexity index is 1220. The van der Waals surface area contributed by atoms with E-state index >= 15 is 0 Å². The molecular formula is C28H37ClN6O3. The SMILES string of the molecule is CN(C)C(=O)c1cccc(Cn2cnc(NC(=O)C(CCCc3ccccc3)NC(=O)C(C)(C)N)c2)c1.Cl. The fourth-order valence-corrected chi connectivity index (χ4v) is 3.76. The van der Waals surface area contributed by atoms with Crippen LogP contribution in [0.1, 0.15) is 48.2 Å². The number of anilines is 1. The van der Waals surface area contributed by atoms with Crippen molar-refractivity contribution in [2.75, 3.05) is 19.4 Å². The van der Waals surface area contributed by atoms with Crippen LogP contribution >= 0.6 is 12.4 Å². The summed E-state index contributed by atoms with van der Waals surface area (Å²) in [5.74, 6) is -0.444. The molecule has 3 amide bonds. The van der Waals surface area contributed by atoms with Gasteiger partial charge in [0.1, 0.15) is 6.04 Å². The van der Waals surface area contributed by atoms with E-state index in [0.29, 0.717) is 30.8 Å². The average Bonchev–Trinajstić information content (AvgIpc) is 3.29. The standard InChI is InChI=1S/C28H36N6O3.ClH/c1-28(2,29)27(37)31-23(15-9-12-20-10-6-5-7-11-20)25(35)32-24-18-34(19-30-24)17-21-13-8-14-22(16-21)26(36)33(3)4;/h5-8,10-11,13-14,16,18-19,23H,9,12,15,17,29H2,1-4H3,(H,31,37)(H,32,35);1H. The summed E-state index contributed by atoms with van der Waals surface area (Å²) < 4.78 is 1.82. The summed E-state index contributed by atoms with van der Waals surface area (Å²) in [7, 11) is 3.43. The van der Waals surface area contributed by atoms with Crippen LogP contribution in [0.2, 0.25) is 0 Å². The molecule has 0 aliphatic heterocycles. The lowest BCUT2D eigenvalue weighted by Crippen LogP contribution is -2.54. The molecule has 0 radical (unpaired) electrons. The molecule has 0 aliphatic rings. The maximum atomic E-state index is 13.1. The number of rotatable bonds is 11. The van der Waals surface area contributed by atoms with Crippen molar-refractivity contribution in [1.29, 1.82) is 0 Å². The lowest BCUT2D eigenvalue weighted by Gasteiger charge is -2.23. The summed E-state index contributed by atoms with van der Waals surface area (Å²) in [6.45, 7) is 3.68. The second-order valence-electron chi connectivity index (χ2n) is 9.95. The first-order chi connectivity index (χ1) is 17.5. The van der Waals surface area contributed by atoms with Gasteiger partial charge in [0.2, 0.25) is 11.8 Å². The molecule has 10 heteroatoms. The highest BCUT2D eigenvalue weighted by Crippen LogP contribution is 2.13. The Morgan fingerprint density at radius 2 is 1.74 bits per heavy atom. The van der Waals surface area contributed by atoms with Crippen LogP contribution in [-0.4, -0.2) is 57.8 Å². The number of hydrogen-bond donors (Lipinski definition) is 3. The second-order valence-corrected chi connectivity index (χ2v) is 9.95. The Morgan fingerprint density at radius 1 is 1.05 bits per heavy atom. The van der Waals surface area contributed by atoms with E-state index in [-0.39, 0.29) is 24.2 Å². The third-order valence-electron chi connectivity index (χ3n) is 5.84. The zero-order chi connectivity index (χ0) is 27.0. The number of carbonyl (C=O) groups excluding carboxylic acids is 3. The number of aromatic nitrogens is 2. The van der Waals surface area contributed by atoms with Crippen LogP contribution in [-0.2, 0) is 22.6 Å². The van der Waals surface area contributed by atoms with E-state index in [9.17, 15) is 14.4 Å². The Labute approximate surface area is 230 Å². The van der Waals surface area contributed by atoms with Gasteiger partial charge < -0.3 is 25.8 Å². The van der Waals surface area contributed by atoms with E-state index in [0.717, 1.165) is 12.0 Å². The highest BCUT2D eigenvalue weighted by atomic mass is 35.5. The second kappa shape index (κ2) is 13.7. The van der Waals surface area contributed by atoms with Crippen LogP contribution in [0.15, 0.2) is 67.1 Å². The Hall–Kier alpha value is -3.69. The van der Waals surface area contributed by atoms with Crippen molar-refractivity contribution in [1.82, 2.24) is 19.8 Å². The molecule has 0 bridgehead atoms. The van der Waals surface area contributed by atoms with Crippen molar-refractivity contribution < 1.29 is 14.4 Å². The number of carbonyl (C=O) groups is 3. The van der Waals surface area contributed by atoms with Gasteiger partial charge in [0.15, 0.2) is 5.82 Å². The third-order valence-corrected chi connectivity index (χ3v) is 5.84. The highest BCUT2D eigenvalue weighted by Gasteiger charge is 2.28. The number of halogens is 1. The summed E-state index contributed by atoms with van der Waals surface area (Å²) in [6.07, 6.45) is 5.28. The molecule has 38 heavy (non-hydrogen) atoms. The molecule has 1 heterocycles. The molecule has 3 aromatic rings. The van der Waals surface area contributed by atoms with Gasteiger partial charge in [0.25, 0.3) is 5.91 Å². The largest absolute Gasteiger partial charge is 0.345 e. The van der Waals surface area contributed by atoms with Gasteiger partial charge >= 0.3 is 0 Å². The van der Waals surface area contributed by atoms with Gasteiger partial charge in [0.05, 0.1) is 11.9 Å². The summed E-state index contributed by atoms with van der Waals surface area (Å²) >= 11 is 0. The average molecular weight is 541 g/mol. The Balaban J connectivity index is 0.00000507. The molecule has 204 valence electrons. The van der Waals surface area contributed by atoms with Gasteiger partial charge in [0, 0.05) is 32.4 Å². The molecule has 0 fully saturated rings. The Morgan fingerprint density at radius 3 is 2.39 bits per heavy atom. The first kappa shape index (κ1) is 30.5. The van der Waals surface area contributed by atoms with Gasteiger partial charge in [-0.05, 0) is 56.4 Å². The summed E-state index contributed by atoms with van der Waals surface area (Å²) in [6, 6.07) is 16.6. The van der Waals surface area contributed by atoms with Gasteiger partial charge in [-0.15, -0.1) is 12.4 Å². The summed E-state index contributed by atoms with van der Waals surface area (Å²) in [4.78, 5) is 43.7. The molecule has 0 spiro atoms. The number of imidazole rings is 1. The lowest BCUT2D eigenvalue weighted by atomic mass is 10.0. The van der Waals surface area contributed by atoms with E-state index < -0.39 is 17.5 Å². The molecule has 0 aliphatic carbocycles. The molecular weight excluding hydrogens is 504 g/mol. The van der Waals surface area contributed by atoms with E-state index in [2.05, 4.69) is 15.6 Å². The van der Waals surface area contributed by atoms with Gasteiger partial charge in [-0.25, -0.2) is 4.98 Å². The van der Waals surface area contributed by atoms with Crippen LogP contribution in [0.4, 0.5) is 5.82 Å². The van der Waals surface area contributed by atoms with Crippen molar-refractivity contribution >= 4 is 35.9 Å². The monoisotopic (exact) mass is 540 g/mol. The van der Waals surface area contributed by atoms with Crippen molar-refractivity contribution in [3.05, 3.63) is 83.8 Å². The minimum Gasteiger partial charge on any atom is -0.345 e. The van der Waals surface area contributed by atoms with E-state index in [4.69, 9.17) is 5.73 Å². The van der Waals surface area contributed by atoms with Gasteiger partial charge in [-0.1, -0.05) is 42.5 Å². The number of nitrogens with one attached hydrogen (secondary N) is 2. The zero-order valence-electron chi connectivity index (χ0n) is 22.3. The maximum Gasteiger partial charge on any atom is 0.253 e. The fraction of sp³-hybridized carbons (Fsp3) is 0.357.